The van der Waals surface area contributed by atoms with Gasteiger partial charge in [-0.25, -0.2) is 0 Å². The van der Waals surface area contributed by atoms with Gasteiger partial charge in [-0.2, -0.15) is 9.97 Å². The van der Waals surface area contributed by atoms with Gasteiger partial charge in [0.25, 0.3) is 0 Å². The summed E-state index contributed by atoms with van der Waals surface area (Å²) in [7, 11) is 0. The molecule has 0 saturated heterocycles. The molecule has 0 aliphatic heterocycles. The third kappa shape index (κ3) is 4.10. The monoisotopic (exact) mass is 273 g/mol. The molecule has 0 aliphatic carbocycles. The summed E-state index contributed by atoms with van der Waals surface area (Å²) < 4.78 is 0. The average molecular weight is 273 g/mol. The van der Waals surface area contributed by atoms with Crippen molar-refractivity contribution in [1.82, 2.24) is 9.97 Å². The number of hydrogen-bond acceptors (Lipinski definition) is 6. The van der Waals surface area contributed by atoms with Gasteiger partial charge in [-0.05, 0) is 19.1 Å². The second-order valence-electron chi connectivity index (χ2n) is 4.13. The molecular weight excluding hydrogens is 254 g/mol. The van der Waals surface area contributed by atoms with E-state index in [1.54, 1.807) is 0 Å². The van der Waals surface area contributed by atoms with Crippen LogP contribution in [0.25, 0.3) is 0 Å². The third-order valence-corrected chi connectivity index (χ3v) is 2.53. The summed E-state index contributed by atoms with van der Waals surface area (Å²) in [5, 5.41) is 18.2. The fourth-order valence-electron chi connectivity index (χ4n) is 1.70. The molecule has 0 aliphatic rings. The fraction of sp³-hybridized carbons (Fsp3) is 0.286. The van der Waals surface area contributed by atoms with Crippen molar-refractivity contribution in [2.75, 3.05) is 35.6 Å². The topological polar surface area (TPSA) is 82.1 Å². The van der Waals surface area contributed by atoms with Gasteiger partial charge in [0.1, 0.15) is 11.6 Å². The van der Waals surface area contributed by atoms with E-state index in [0.29, 0.717) is 18.3 Å². The molecule has 6 heteroatoms. The SMILES string of the molecule is CCNc1cc(NCCO)nc(Nc2ccccc2)n1. The summed E-state index contributed by atoms with van der Waals surface area (Å²) in [6.07, 6.45) is 0. The molecule has 106 valence electrons. The fourth-order valence-corrected chi connectivity index (χ4v) is 1.70. The quantitative estimate of drug-likeness (QED) is 0.618. The van der Waals surface area contributed by atoms with Crippen molar-refractivity contribution in [3.05, 3.63) is 36.4 Å². The van der Waals surface area contributed by atoms with Crippen LogP contribution in [0.15, 0.2) is 36.4 Å². The lowest BCUT2D eigenvalue weighted by atomic mass is 10.3. The number of benzene rings is 1. The molecule has 0 atom stereocenters. The molecule has 2 rings (SSSR count). The summed E-state index contributed by atoms with van der Waals surface area (Å²) >= 11 is 0. The molecule has 2 aromatic rings. The van der Waals surface area contributed by atoms with E-state index in [0.717, 1.165) is 18.1 Å². The van der Waals surface area contributed by atoms with Crippen LogP contribution >= 0.6 is 0 Å². The van der Waals surface area contributed by atoms with Gasteiger partial charge in [0.2, 0.25) is 5.95 Å². The van der Waals surface area contributed by atoms with Crippen LogP contribution in [0, 0.1) is 0 Å². The molecule has 0 bridgehead atoms. The minimum absolute atomic E-state index is 0.0575. The van der Waals surface area contributed by atoms with Crippen molar-refractivity contribution in [1.29, 1.82) is 0 Å². The van der Waals surface area contributed by atoms with Crippen LogP contribution in [0.1, 0.15) is 6.92 Å². The summed E-state index contributed by atoms with van der Waals surface area (Å²) in [6.45, 7) is 3.30. The van der Waals surface area contributed by atoms with E-state index in [4.69, 9.17) is 5.11 Å². The van der Waals surface area contributed by atoms with E-state index in [1.165, 1.54) is 0 Å². The van der Waals surface area contributed by atoms with Crippen molar-refractivity contribution >= 4 is 23.3 Å². The first-order valence-electron chi connectivity index (χ1n) is 6.61. The number of aliphatic hydroxyl groups is 1. The zero-order valence-corrected chi connectivity index (χ0v) is 11.4. The summed E-state index contributed by atoms with van der Waals surface area (Å²) in [5.41, 5.74) is 0.925. The maximum absolute atomic E-state index is 8.87. The third-order valence-electron chi connectivity index (χ3n) is 2.53. The first-order chi connectivity index (χ1) is 9.81. The molecule has 4 N–H and O–H groups in total. The Hall–Kier alpha value is -2.34. The number of rotatable bonds is 7. The molecule has 1 aromatic carbocycles. The van der Waals surface area contributed by atoms with E-state index in [2.05, 4.69) is 25.9 Å². The van der Waals surface area contributed by atoms with Crippen LogP contribution in [0.3, 0.4) is 0 Å². The highest BCUT2D eigenvalue weighted by Gasteiger charge is 2.04. The van der Waals surface area contributed by atoms with Crippen LogP contribution in [-0.2, 0) is 0 Å². The van der Waals surface area contributed by atoms with E-state index in [-0.39, 0.29) is 6.61 Å². The van der Waals surface area contributed by atoms with Crippen molar-refractivity contribution in [2.45, 2.75) is 6.92 Å². The molecule has 20 heavy (non-hydrogen) atoms. The molecule has 0 unspecified atom stereocenters. The molecular formula is C14H19N5O. The number of nitrogens with zero attached hydrogens (tertiary/aromatic N) is 2. The molecule has 0 fully saturated rings. The normalized spacial score (nSPS) is 10.1. The van der Waals surface area contributed by atoms with Gasteiger partial charge in [0.05, 0.1) is 6.61 Å². The van der Waals surface area contributed by atoms with E-state index in [1.807, 2.05) is 43.3 Å². The van der Waals surface area contributed by atoms with Crippen molar-refractivity contribution in [2.24, 2.45) is 0 Å². The highest BCUT2D eigenvalue weighted by atomic mass is 16.3. The minimum Gasteiger partial charge on any atom is -0.395 e. The summed E-state index contributed by atoms with van der Waals surface area (Å²) in [5.74, 6) is 1.92. The van der Waals surface area contributed by atoms with Gasteiger partial charge in [0, 0.05) is 24.8 Å². The Bertz CT molecular complexity index is 532. The Kier molecular flexibility index (Phi) is 5.14. The maximum Gasteiger partial charge on any atom is 0.231 e. The molecule has 0 saturated carbocycles. The minimum atomic E-state index is 0.0575. The first-order valence-corrected chi connectivity index (χ1v) is 6.61. The lowest BCUT2D eigenvalue weighted by Gasteiger charge is -2.11. The van der Waals surface area contributed by atoms with E-state index >= 15 is 0 Å². The maximum atomic E-state index is 8.87. The molecule has 0 spiro atoms. The average Bonchev–Trinajstić information content (AvgIpc) is 2.46. The van der Waals surface area contributed by atoms with Gasteiger partial charge >= 0.3 is 0 Å². The van der Waals surface area contributed by atoms with Crippen molar-refractivity contribution in [3.63, 3.8) is 0 Å². The Morgan fingerprint density at radius 2 is 1.75 bits per heavy atom. The number of nitrogens with one attached hydrogen (secondary N) is 3. The molecule has 1 heterocycles. The van der Waals surface area contributed by atoms with Crippen LogP contribution in [0.5, 0.6) is 0 Å². The van der Waals surface area contributed by atoms with E-state index in [9.17, 15) is 0 Å². The first kappa shape index (κ1) is 14.1. The Labute approximate surface area is 118 Å². The Balaban J connectivity index is 2.19. The largest absolute Gasteiger partial charge is 0.395 e. The standard InChI is InChI=1S/C14H19N5O/c1-2-15-12-10-13(16-8-9-20)19-14(18-12)17-11-6-4-3-5-7-11/h3-7,10,20H,2,8-9H2,1H3,(H3,15,16,17,18,19). The number of para-hydroxylation sites is 1. The number of anilines is 4. The molecule has 0 radical (unpaired) electrons. The van der Waals surface area contributed by atoms with Gasteiger partial charge < -0.3 is 21.1 Å². The highest BCUT2D eigenvalue weighted by molar-refractivity contribution is 5.58. The summed E-state index contributed by atoms with van der Waals surface area (Å²) in [6, 6.07) is 11.6. The van der Waals surface area contributed by atoms with Crippen LogP contribution < -0.4 is 16.0 Å². The number of hydrogen-bond donors (Lipinski definition) is 4. The molecule has 0 amide bonds. The Morgan fingerprint density at radius 3 is 2.40 bits per heavy atom. The highest BCUT2D eigenvalue weighted by Crippen LogP contribution is 2.17. The number of aliphatic hydroxyl groups excluding tert-OH is 1. The zero-order valence-electron chi connectivity index (χ0n) is 11.4. The number of aromatic nitrogens is 2. The Morgan fingerprint density at radius 1 is 1.05 bits per heavy atom. The summed E-state index contributed by atoms with van der Waals surface area (Å²) in [4.78, 5) is 8.75. The zero-order chi connectivity index (χ0) is 14.2. The van der Waals surface area contributed by atoms with Gasteiger partial charge in [-0.3, -0.25) is 0 Å². The second-order valence-corrected chi connectivity index (χ2v) is 4.13. The van der Waals surface area contributed by atoms with Crippen LogP contribution in [0.2, 0.25) is 0 Å². The van der Waals surface area contributed by atoms with Gasteiger partial charge in [-0.15, -0.1) is 0 Å². The second kappa shape index (κ2) is 7.30. The molecule has 1 aromatic heterocycles. The lowest BCUT2D eigenvalue weighted by Crippen LogP contribution is -2.10. The predicted molar refractivity (Wildman–Crippen MR) is 81.5 cm³/mol. The predicted octanol–water partition coefficient (Wildman–Crippen LogP) is 2.06. The molecule has 6 nitrogen and oxygen atoms in total. The van der Waals surface area contributed by atoms with Crippen LogP contribution in [-0.4, -0.2) is 34.8 Å². The smallest absolute Gasteiger partial charge is 0.231 e. The lowest BCUT2D eigenvalue weighted by molar-refractivity contribution is 0.311. The van der Waals surface area contributed by atoms with Gasteiger partial charge in [-0.1, -0.05) is 18.2 Å². The van der Waals surface area contributed by atoms with E-state index < -0.39 is 0 Å². The van der Waals surface area contributed by atoms with Crippen molar-refractivity contribution in [3.8, 4) is 0 Å². The van der Waals surface area contributed by atoms with Crippen LogP contribution in [0.4, 0.5) is 23.3 Å². The van der Waals surface area contributed by atoms with Gasteiger partial charge in [0.15, 0.2) is 0 Å². The van der Waals surface area contributed by atoms with Crippen molar-refractivity contribution < 1.29 is 5.11 Å².